The molecule has 0 bridgehead atoms. The van der Waals surface area contributed by atoms with Crippen LogP contribution in [0.5, 0.6) is 0 Å². The molecule has 1 saturated heterocycles. The number of rotatable bonds is 29. The smallest absolute Gasteiger partial charge is 0.312 e. The molecule has 3 rings (SSSR count). The lowest BCUT2D eigenvalue weighted by Gasteiger charge is -2.31. The Labute approximate surface area is 311 Å². The lowest BCUT2D eigenvalue weighted by atomic mass is 9.91. The predicted molar refractivity (Wildman–Crippen MR) is 204 cm³/mol. The van der Waals surface area contributed by atoms with E-state index in [1.165, 1.54) is 114 Å². The third kappa shape index (κ3) is 15.0. The number of anilines is 1. The number of nitrogen functional groups attached to an aromatic ring is 1. The van der Waals surface area contributed by atoms with Crippen LogP contribution < -0.4 is 5.73 Å². The molecule has 0 aromatic carbocycles. The zero-order chi connectivity index (χ0) is 37.4. The largest absolute Gasteiger partial charge is 0.463 e. The van der Waals surface area contributed by atoms with Crippen molar-refractivity contribution < 1.29 is 28.2 Å². The average Bonchev–Trinajstić information content (AvgIpc) is 3.70. The summed E-state index contributed by atoms with van der Waals surface area (Å²) >= 11 is 0. The number of imidazole rings is 1. The van der Waals surface area contributed by atoms with Crippen molar-refractivity contribution in [3.8, 4) is 12.3 Å². The summed E-state index contributed by atoms with van der Waals surface area (Å²) in [5.74, 6) is 1.85. The normalized spacial score (nSPS) is 18.5. The molecule has 1 fully saturated rings. The fourth-order valence-electron chi connectivity index (χ4n) is 7.15. The van der Waals surface area contributed by atoms with Crippen molar-refractivity contribution >= 4 is 28.9 Å². The zero-order valence-corrected chi connectivity index (χ0v) is 32.2. The van der Waals surface area contributed by atoms with Gasteiger partial charge in [0.2, 0.25) is 0 Å². The van der Waals surface area contributed by atoms with Crippen LogP contribution in [0.4, 0.5) is 10.2 Å². The molecule has 2 aromatic rings. The lowest BCUT2D eigenvalue weighted by molar-refractivity contribution is -0.172. The van der Waals surface area contributed by atoms with Crippen LogP contribution >= 0.6 is 0 Å². The first kappa shape index (κ1) is 43.1. The highest BCUT2D eigenvalue weighted by atomic mass is 19.1. The van der Waals surface area contributed by atoms with Gasteiger partial charge >= 0.3 is 18.0 Å². The monoisotopic (exact) mass is 728 g/mol. The molecule has 0 aliphatic carbocycles. The maximum Gasteiger partial charge on any atom is 0.312 e. The Bertz CT molecular complexity index is 1360. The molecular weight excluding hydrogens is 661 g/mol. The second-order valence-corrected chi connectivity index (χ2v) is 14.7. The average molecular weight is 728 g/mol. The SMILES string of the molecule is C#CC[C@]1(OC(=O)CCCCCCCCCCCCC)C[C@H](n2cnc3c(N)nc(F)nc32)O[C@@H]1COC(=O)CCCCCCCCCCCCC. The predicted octanol–water partition coefficient (Wildman–Crippen LogP) is 10.1. The van der Waals surface area contributed by atoms with Gasteiger partial charge in [-0.15, -0.1) is 12.3 Å². The number of fused-ring (bicyclic) bond motifs is 1. The van der Waals surface area contributed by atoms with Gasteiger partial charge in [-0.3, -0.25) is 14.2 Å². The van der Waals surface area contributed by atoms with Crippen molar-refractivity contribution in [1.82, 2.24) is 19.5 Å². The first-order chi connectivity index (χ1) is 25.3. The number of nitrogens with two attached hydrogens (primary N) is 1. The van der Waals surface area contributed by atoms with Crippen molar-refractivity contribution in [3.63, 3.8) is 0 Å². The van der Waals surface area contributed by atoms with Crippen molar-refractivity contribution in [1.29, 1.82) is 0 Å². The van der Waals surface area contributed by atoms with Gasteiger partial charge in [0, 0.05) is 19.3 Å². The summed E-state index contributed by atoms with van der Waals surface area (Å²) in [5.41, 5.74) is 5.00. The van der Waals surface area contributed by atoms with Gasteiger partial charge in [-0.1, -0.05) is 142 Å². The van der Waals surface area contributed by atoms with Crippen molar-refractivity contribution in [2.24, 2.45) is 0 Å². The topological polar surface area (TPSA) is 131 Å². The van der Waals surface area contributed by atoms with Gasteiger partial charge in [-0.2, -0.15) is 14.4 Å². The number of unbranched alkanes of at least 4 members (excludes halogenated alkanes) is 20. The van der Waals surface area contributed by atoms with Crippen molar-refractivity contribution in [3.05, 3.63) is 12.4 Å². The summed E-state index contributed by atoms with van der Waals surface area (Å²) in [6.07, 6.45) is 31.4. The highest BCUT2D eigenvalue weighted by Crippen LogP contribution is 2.43. The number of aromatic nitrogens is 4. The molecule has 0 amide bonds. The summed E-state index contributed by atoms with van der Waals surface area (Å²) in [6.45, 7) is 4.33. The summed E-state index contributed by atoms with van der Waals surface area (Å²) in [5, 5.41) is 0. The summed E-state index contributed by atoms with van der Waals surface area (Å²) in [4.78, 5) is 37.8. The number of hydrogen-bond donors (Lipinski definition) is 1. The van der Waals surface area contributed by atoms with Crippen LogP contribution in [0.2, 0.25) is 0 Å². The van der Waals surface area contributed by atoms with Gasteiger partial charge in [0.1, 0.15) is 18.9 Å². The molecule has 11 heteroatoms. The number of nitrogens with zero attached hydrogens (tertiary/aromatic N) is 4. The van der Waals surface area contributed by atoms with Crippen LogP contribution in [0.25, 0.3) is 11.2 Å². The van der Waals surface area contributed by atoms with E-state index in [0.717, 1.165) is 32.1 Å². The standard InChI is InChI=1S/C41H66FN5O5/c1-4-7-9-11-13-15-17-19-21-23-25-27-35(48)50-31-33-41(29-6-3,52-36(49)28-26-24-22-20-18-16-14-12-10-8-5-2)30-34(51-33)47-32-44-37-38(43)45-40(42)46-39(37)47/h3,32-34H,4-5,7-31H2,1-2H3,(H2,43,45,46)/t33-,34-,41+/m1/s1. The van der Waals surface area contributed by atoms with E-state index in [0.29, 0.717) is 12.8 Å². The number of carbonyl (C=O) groups is 2. The van der Waals surface area contributed by atoms with Crippen LogP contribution in [-0.4, -0.2) is 49.8 Å². The van der Waals surface area contributed by atoms with Crippen LogP contribution in [0, 0.1) is 18.4 Å². The Morgan fingerprint density at radius 2 is 1.35 bits per heavy atom. The van der Waals surface area contributed by atoms with Crippen molar-refractivity contribution in [2.45, 2.75) is 199 Å². The number of hydrogen-bond acceptors (Lipinski definition) is 9. The summed E-state index contributed by atoms with van der Waals surface area (Å²) in [6, 6.07) is 0. The fourth-order valence-corrected chi connectivity index (χ4v) is 7.15. The van der Waals surface area contributed by atoms with Gasteiger partial charge in [-0.25, -0.2) is 4.98 Å². The first-order valence-corrected chi connectivity index (χ1v) is 20.5. The quantitative estimate of drug-likeness (QED) is 0.0376. The van der Waals surface area contributed by atoms with Crippen LogP contribution in [-0.2, 0) is 23.8 Å². The number of terminal acetylenes is 1. The molecule has 292 valence electrons. The third-order valence-electron chi connectivity index (χ3n) is 10.2. The van der Waals surface area contributed by atoms with E-state index in [1.807, 2.05) is 0 Å². The zero-order valence-electron chi connectivity index (χ0n) is 32.2. The summed E-state index contributed by atoms with van der Waals surface area (Å²) in [7, 11) is 0. The maximum absolute atomic E-state index is 14.2. The molecule has 0 spiro atoms. The van der Waals surface area contributed by atoms with Gasteiger partial charge < -0.3 is 19.9 Å². The van der Waals surface area contributed by atoms with E-state index < -0.39 is 24.0 Å². The molecule has 3 heterocycles. The third-order valence-corrected chi connectivity index (χ3v) is 10.2. The molecule has 10 nitrogen and oxygen atoms in total. The van der Waals surface area contributed by atoms with Gasteiger partial charge in [-0.05, 0) is 12.8 Å². The van der Waals surface area contributed by atoms with E-state index in [1.54, 1.807) is 0 Å². The number of halogens is 1. The van der Waals surface area contributed by atoms with E-state index in [4.69, 9.17) is 26.4 Å². The molecule has 3 atom stereocenters. The molecule has 1 aliphatic heterocycles. The molecule has 1 aliphatic rings. The van der Waals surface area contributed by atoms with Gasteiger partial charge in [0.05, 0.1) is 12.7 Å². The first-order valence-electron chi connectivity index (χ1n) is 20.5. The Balaban J connectivity index is 1.53. The van der Waals surface area contributed by atoms with E-state index >= 15 is 0 Å². The Kier molecular flexibility index (Phi) is 20.6. The minimum Gasteiger partial charge on any atom is -0.463 e. The molecule has 52 heavy (non-hydrogen) atoms. The molecule has 2 aromatic heterocycles. The number of esters is 2. The Morgan fingerprint density at radius 3 is 1.87 bits per heavy atom. The van der Waals surface area contributed by atoms with Crippen LogP contribution in [0.15, 0.2) is 6.33 Å². The van der Waals surface area contributed by atoms with Crippen molar-refractivity contribution in [2.75, 3.05) is 12.3 Å². The highest BCUT2D eigenvalue weighted by molar-refractivity contribution is 5.81. The number of ether oxygens (including phenoxy) is 3. The van der Waals surface area contributed by atoms with Crippen LogP contribution in [0.3, 0.4) is 0 Å². The van der Waals surface area contributed by atoms with E-state index in [2.05, 4.69) is 34.7 Å². The molecule has 2 N–H and O–H groups in total. The van der Waals surface area contributed by atoms with Gasteiger partial charge in [0.15, 0.2) is 22.6 Å². The molecule has 0 radical (unpaired) electrons. The lowest BCUT2D eigenvalue weighted by Crippen LogP contribution is -2.45. The fraction of sp³-hybridized carbons (Fsp3) is 0.780. The highest BCUT2D eigenvalue weighted by Gasteiger charge is 2.53. The second-order valence-electron chi connectivity index (χ2n) is 14.7. The molecular formula is C41H66FN5O5. The van der Waals surface area contributed by atoms with Gasteiger partial charge in [0.25, 0.3) is 0 Å². The maximum atomic E-state index is 14.2. The summed E-state index contributed by atoms with van der Waals surface area (Å²) < 4.78 is 34.0. The Hall–Kier alpha value is -3.26. The second kappa shape index (κ2) is 24.9. The Morgan fingerprint density at radius 1 is 0.846 bits per heavy atom. The minimum absolute atomic E-state index is 0.0480. The molecule has 0 unspecified atom stereocenters. The van der Waals surface area contributed by atoms with E-state index in [9.17, 15) is 14.0 Å². The van der Waals surface area contributed by atoms with Crippen LogP contribution in [0.1, 0.15) is 187 Å². The van der Waals surface area contributed by atoms with E-state index in [-0.39, 0.29) is 54.8 Å². The minimum atomic E-state index is -1.27. The number of carbonyl (C=O) groups excluding carboxylic acids is 2. The molecule has 0 saturated carbocycles.